The van der Waals surface area contributed by atoms with Crippen LogP contribution in [0.3, 0.4) is 0 Å². The number of nitrogens with two attached hydrogens (primary N) is 1. The van der Waals surface area contributed by atoms with E-state index in [1.54, 1.807) is 0 Å². The zero-order valence-electron chi connectivity index (χ0n) is 13.6. The first-order valence-corrected chi connectivity index (χ1v) is 8.20. The molecular weight excluding hydrogens is 288 g/mol. The molecule has 1 aliphatic rings. The zero-order chi connectivity index (χ0) is 16.2. The van der Waals surface area contributed by atoms with Crippen molar-refractivity contribution in [1.29, 1.82) is 0 Å². The summed E-state index contributed by atoms with van der Waals surface area (Å²) in [7, 11) is 2.01. The molecule has 1 amide bonds. The quantitative estimate of drug-likeness (QED) is 0.938. The zero-order valence-corrected chi connectivity index (χ0v) is 13.6. The van der Waals surface area contributed by atoms with Crippen LogP contribution in [-0.2, 0) is 18.3 Å². The molecule has 5 nitrogen and oxygen atoms in total. The fraction of sp³-hybridized carbons (Fsp3) is 0.444. The van der Waals surface area contributed by atoms with Gasteiger partial charge in [0.15, 0.2) is 0 Å². The van der Waals surface area contributed by atoms with Gasteiger partial charge in [-0.05, 0) is 24.3 Å². The molecule has 2 heterocycles. The monoisotopic (exact) mass is 312 g/mol. The van der Waals surface area contributed by atoms with Gasteiger partial charge in [0, 0.05) is 39.0 Å². The van der Waals surface area contributed by atoms with E-state index in [1.807, 2.05) is 54.7 Å². The highest BCUT2D eigenvalue weighted by molar-refractivity contribution is 5.83. The lowest BCUT2D eigenvalue weighted by Gasteiger charge is -2.34. The highest BCUT2D eigenvalue weighted by atomic mass is 16.2. The summed E-state index contributed by atoms with van der Waals surface area (Å²) < 4.78 is 2.05. The van der Waals surface area contributed by atoms with Gasteiger partial charge in [-0.3, -0.25) is 4.79 Å². The molecule has 2 atom stereocenters. The fourth-order valence-corrected chi connectivity index (χ4v) is 3.28. The van der Waals surface area contributed by atoms with Gasteiger partial charge >= 0.3 is 0 Å². The van der Waals surface area contributed by atoms with Gasteiger partial charge in [0.1, 0.15) is 11.9 Å². The maximum absolute atomic E-state index is 12.7. The van der Waals surface area contributed by atoms with Crippen molar-refractivity contribution in [3.63, 3.8) is 0 Å². The molecule has 1 aromatic carbocycles. The first-order valence-electron chi connectivity index (χ1n) is 8.20. The van der Waals surface area contributed by atoms with Crippen molar-refractivity contribution >= 4 is 5.91 Å². The lowest BCUT2D eigenvalue weighted by Crippen LogP contribution is -2.44. The second-order valence-electron chi connectivity index (χ2n) is 6.34. The largest absolute Gasteiger partial charge is 0.341 e. The number of likely N-dealkylation sites (tertiary alicyclic amines) is 1. The molecule has 2 aromatic rings. The predicted octanol–water partition coefficient (Wildman–Crippen LogP) is 1.90. The summed E-state index contributed by atoms with van der Waals surface area (Å²) in [5.74, 6) is 1.56. The minimum atomic E-state index is -0.567. The van der Waals surface area contributed by atoms with Crippen LogP contribution < -0.4 is 5.73 Å². The Labute approximate surface area is 137 Å². The number of hydrogen-bond donors (Lipinski definition) is 1. The maximum atomic E-state index is 12.7. The normalized spacial score (nSPS) is 19.6. The molecule has 5 heteroatoms. The Morgan fingerprint density at radius 2 is 2.17 bits per heavy atom. The minimum absolute atomic E-state index is 0.0285. The summed E-state index contributed by atoms with van der Waals surface area (Å²) in [5.41, 5.74) is 7.05. The molecule has 1 aromatic heterocycles. The lowest BCUT2D eigenvalue weighted by molar-refractivity contribution is -0.134. The number of rotatable bonds is 4. The Kier molecular flexibility index (Phi) is 4.76. The van der Waals surface area contributed by atoms with E-state index in [0.717, 1.165) is 43.7 Å². The molecule has 2 N–H and O–H groups in total. The molecule has 3 rings (SSSR count). The van der Waals surface area contributed by atoms with E-state index in [4.69, 9.17) is 5.73 Å². The van der Waals surface area contributed by atoms with E-state index in [0.29, 0.717) is 5.92 Å². The van der Waals surface area contributed by atoms with Crippen molar-refractivity contribution < 1.29 is 4.79 Å². The van der Waals surface area contributed by atoms with Gasteiger partial charge in [-0.2, -0.15) is 0 Å². The first kappa shape index (κ1) is 15.7. The highest BCUT2D eigenvalue weighted by Crippen LogP contribution is 2.23. The van der Waals surface area contributed by atoms with E-state index in [9.17, 15) is 4.79 Å². The highest BCUT2D eigenvalue weighted by Gasteiger charge is 2.28. The summed E-state index contributed by atoms with van der Waals surface area (Å²) in [6.07, 6.45) is 6.87. The van der Waals surface area contributed by atoms with Gasteiger partial charge < -0.3 is 15.2 Å². The Bertz CT molecular complexity index is 652. The molecule has 0 radical (unpaired) electrons. The third kappa shape index (κ3) is 3.62. The summed E-state index contributed by atoms with van der Waals surface area (Å²) in [4.78, 5) is 19.0. The molecule has 1 fully saturated rings. The van der Waals surface area contributed by atoms with E-state index in [1.165, 1.54) is 0 Å². The van der Waals surface area contributed by atoms with Crippen molar-refractivity contribution in [2.24, 2.45) is 18.7 Å². The van der Waals surface area contributed by atoms with Gasteiger partial charge in [-0.25, -0.2) is 4.98 Å². The second-order valence-corrected chi connectivity index (χ2v) is 6.34. The van der Waals surface area contributed by atoms with Crippen LogP contribution in [0, 0.1) is 5.92 Å². The molecule has 0 unspecified atom stereocenters. The number of amides is 1. The van der Waals surface area contributed by atoms with Crippen molar-refractivity contribution in [3.8, 4) is 0 Å². The third-order valence-electron chi connectivity index (χ3n) is 4.65. The van der Waals surface area contributed by atoms with Crippen LogP contribution in [0.15, 0.2) is 42.7 Å². The number of piperidine rings is 1. The molecular formula is C18H24N4O. The van der Waals surface area contributed by atoms with E-state index < -0.39 is 6.04 Å². The number of hydrogen-bond acceptors (Lipinski definition) is 3. The molecule has 0 spiro atoms. The molecule has 0 saturated carbocycles. The van der Waals surface area contributed by atoms with Gasteiger partial charge in [-0.15, -0.1) is 0 Å². The number of aromatic nitrogens is 2. The smallest absolute Gasteiger partial charge is 0.244 e. The lowest BCUT2D eigenvalue weighted by atomic mass is 9.93. The fourth-order valence-electron chi connectivity index (χ4n) is 3.28. The minimum Gasteiger partial charge on any atom is -0.341 e. The van der Waals surface area contributed by atoms with Gasteiger partial charge in [-0.1, -0.05) is 30.3 Å². The van der Waals surface area contributed by atoms with Crippen LogP contribution in [0.5, 0.6) is 0 Å². The first-order chi connectivity index (χ1) is 11.1. The van der Waals surface area contributed by atoms with Crippen LogP contribution >= 0.6 is 0 Å². The average Bonchev–Trinajstić information content (AvgIpc) is 2.99. The molecule has 23 heavy (non-hydrogen) atoms. The van der Waals surface area contributed by atoms with Crippen LogP contribution in [0.4, 0.5) is 0 Å². The van der Waals surface area contributed by atoms with Crippen LogP contribution in [0.2, 0.25) is 0 Å². The summed E-state index contributed by atoms with van der Waals surface area (Å²) >= 11 is 0. The topological polar surface area (TPSA) is 64.2 Å². The van der Waals surface area contributed by atoms with Gasteiger partial charge in [0.2, 0.25) is 5.91 Å². The summed E-state index contributed by atoms with van der Waals surface area (Å²) in [6, 6.07) is 9.04. The number of aryl methyl sites for hydroxylation is 1. The second kappa shape index (κ2) is 6.96. The molecule has 0 bridgehead atoms. The predicted molar refractivity (Wildman–Crippen MR) is 89.6 cm³/mol. The summed E-state index contributed by atoms with van der Waals surface area (Å²) in [6.45, 7) is 1.57. The number of carbonyl (C=O) groups excluding carboxylic acids is 1. The number of benzene rings is 1. The molecule has 0 aliphatic carbocycles. The molecule has 1 saturated heterocycles. The van der Waals surface area contributed by atoms with E-state index in [-0.39, 0.29) is 5.91 Å². The van der Waals surface area contributed by atoms with Gasteiger partial charge in [0.25, 0.3) is 0 Å². The SMILES string of the molecule is Cn1ccnc1C[C@@H]1CCCN(C(=O)[C@H](N)c2ccccc2)C1. The van der Waals surface area contributed by atoms with Crippen molar-refractivity contribution in [2.45, 2.75) is 25.3 Å². The Morgan fingerprint density at radius 1 is 1.39 bits per heavy atom. The maximum Gasteiger partial charge on any atom is 0.244 e. The number of imidazole rings is 1. The average molecular weight is 312 g/mol. The third-order valence-corrected chi connectivity index (χ3v) is 4.65. The Morgan fingerprint density at radius 3 is 2.87 bits per heavy atom. The number of nitrogens with zero attached hydrogens (tertiary/aromatic N) is 3. The van der Waals surface area contributed by atoms with Crippen LogP contribution in [-0.4, -0.2) is 33.4 Å². The number of carbonyl (C=O) groups is 1. The Balaban J connectivity index is 1.64. The van der Waals surface area contributed by atoms with E-state index in [2.05, 4.69) is 9.55 Å². The summed E-state index contributed by atoms with van der Waals surface area (Å²) in [5, 5.41) is 0. The van der Waals surface area contributed by atoms with Crippen LogP contribution in [0.25, 0.3) is 0 Å². The van der Waals surface area contributed by atoms with Crippen molar-refractivity contribution in [2.75, 3.05) is 13.1 Å². The molecule has 1 aliphatic heterocycles. The standard InChI is InChI=1S/C18H24N4O/c1-21-11-9-20-16(21)12-14-6-5-10-22(13-14)18(23)17(19)15-7-3-2-4-8-15/h2-4,7-9,11,14,17H,5-6,10,12-13,19H2,1H3/t14-,17+/m0/s1. The molecule has 122 valence electrons. The van der Waals surface area contributed by atoms with E-state index >= 15 is 0 Å². The van der Waals surface area contributed by atoms with Crippen LogP contribution in [0.1, 0.15) is 30.3 Å². The van der Waals surface area contributed by atoms with Gasteiger partial charge in [0.05, 0.1) is 0 Å². The van der Waals surface area contributed by atoms with Crippen molar-refractivity contribution in [3.05, 3.63) is 54.1 Å². The van der Waals surface area contributed by atoms with Crippen molar-refractivity contribution in [1.82, 2.24) is 14.5 Å². The Hall–Kier alpha value is -2.14.